The van der Waals surface area contributed by atoms with Crippen LogP contribution in [0.1, 0.15) is 19.8 Å². The summed E-state index contributed by atoms with van der Waals surface area (Å²) in [5, 5.41) is 3.14. The van der Waals surface area contributed by atoms with Crippen LogP contribution in [0.3, 0.4) is 0 Å². The highest BCUT2D eigenvalue weighted by atomic mass is 32.2. The summed E-state index contributed by atoms with van der Waals surface area (Å²) in [4.78, 5) is 17.3. The number of hydrogen-bond acceptors (Lipinski definition) is 4. The van der Waals surface area contributed by atoms with Gasteiger partial charge in [-0.15, -0.1) is 0 Å². The highest BCUT2D eigenvalue weighted by Gasteiger charge is 2.23. The number of thioether (sulfide) groups is 1. The minimum atomic E-state index is -0.400. The van der Waals surface area contributed by atoms with E-state index in [-0.39, 0.29) is 17.8 Å². The third-order valence-electron chi connectivity index (χ3n) is 5.04. The Bertz CT molecular complexity index is 1000. The van der Waals surface area contributed by atoms with Gasteiger partial charge in [-0.2, -0.15) is 0 Å². The summed E-state index contributed by atoms with van der Waals surface area (Å²) in [6.07, 6.45) is 4.09. The molecule has 2 atom stereocenters. The van der Waals surface area contributed by atoms with E-state index >= 15 is 0 Å². The van der Waals surface area contributed by atoms with E-state index in [1.807, 2.05) is 31.3 Å². The summed E-state index contributed by atoms with van der Waals surface area (Å²) in [7, 11) is 0. The summed E-state index contributed by atoms with van der Waals surface area (Å²) in [6.45, 7) is 3.31. The molecule has 1 aliphatic rings. The Balaban J connectivity index is 1.53. The predicted molar refractivity (Wildman–Crippen MR) is 117 cm³/mol. The minimum Gasteiger partial charge on any atom is -0.376 e. The van der Waals surface area contributed by atoms with Crippen LogP contribution in [0.5, 0.6) is 0 Å². The van der Waals surface area contributed by atoms with Crippen molar-refractivity contribution in [3.8, 4) is 11.3 Å². The number of hydrogen-bond donors (Lipinski definition) is 1. The fourth-order valence-corrected chi connectivity index (χ4v) is 4.38. The van der Waals surface area contributed by atoms with Crippen molar-refractivity contribution >= 4 is 23.4 Å². The lowest BCUT2D eigenvalue weighted by Crippen LogP contribution is -2.23. The van der Waals surface area contributed by atoms with Gasteiger partial charge in [-0.3, -0.25) is 4.79 Å². The van der Waals surface area contributed by atoms with Crippen molar-refractivity contribution in [1.29, 1.82) is 0 Å². The average molecular weight is 426 g/mol. The van der Waals surface area contributed by atoms with Gasteiger partial charge in [0.1, 0.15) is 5.82 Å². The molecule has 156 valence electrons. The van der Waals surface area contributed by atoms with Crippen molar-refractivity contribution in [2.24, 2.45) is 0 Å². The number of aromatic nitrogens is 2. The average Bonchev–Trinajstić information content (AvgIpc) is 3.39. The van der Waals surface area contributed by atoms with Crippen LogP contribution < -0.4 is 5.32 Å². The fourth-order valence-electron chi connectivity index (χ4n) is 3.48. The zero-order valence-electron chi connectivity index (χ0n) is 16.8. The van der Waals surface area contributed by atoms with Gasteiger partial charge in [-0.1, -0.05) is 48.2 Å². The molecule has 0 unspecified atom stereocenters. The van der Waals surface area contributed by atoms with E-state index in [2.05, 4.69) is 27.0 Å². The SMILES string of the molecule is C[C@@H](Sc1ncc(-c2ccccc2)n1C[C@H]1CCCO1)C(=O)Nc1cccc(F)c1. The molecule has 4 rings (SSSR count). The highest BCUT2D eigenvalue weighted by Crippen LogP contribution is 2.30. The molecule has 1 N–H and O–H groups in total. The zero-order chi connectivity index (χ0) is 20.9. The Kier molecular flexibility index (Phi) is 6.50. The van der Waals surface area contributed by atoms with Crippen LogP contribution >= 0.6 is 11.8 Å². The van der Waals surface area contributed by atoms with Crippen LogP contribution in [0.2, 0.25) is 0 Å². The third kappa shape index (κ3) is 4.91. The van der Waals surface area contributed by atoms with Gasteiger partial charge in [0.2, 0.25) is 5.91 Å². The summed E-state index contributed by atoms with van der Waals surface area (Å²) in [6, 6.07) is 16.0. The molecule has 1 amide bonds. The Morgan fingerprint density at radius 3 is 2.87 bits per heavy atom. The molecule has 0 aliphatic carbocycles. The van der Waals surface area contributed by atoms with Crippen LogP contribution in [-0.2, 0) is 16.1 Å². The lowest BCUT2D eigenvalue weighted by Gasteiger charge is -2.18. The Labute approximate surface area is 179 Å². The molecule has 30 heavy (non-hydrogen) atoms. The van der Waals surface area contributed by atoms with Crippen molar-refractivity contribution in [2.45, 2.75) is 42.8 Å². The van der Waals surface area contributed by atoms with E-state index in [0.717, 1.165) is 35.9 Å². The number of amides is 1. The molecule has 0 saturated carbocycles. The number of nitrogens with zero attached hydrogens (tertiary/aromatic N) is 2. The minimum absolute atomic E-state index is 0.150. The Morgan fingerprint density at radius 2 is 2.13 bits per heavy atom. The molecule has 0 radical (unpaired) electrons. The Morgan fingerprint density at radius 1 is 1.30 bits per heavy atom. The standard InChI is InChI=1S/C23H24FN3O2S/c1-16(22(28)26-19-10-5-9-18(24)13-19)30-23-25-14-21(17-7-3-2-4-8-17)27(23)15-20-11-6-12-29-20/h2-5,7-10,13-14,16,20H,6,11-12,15H2,1H3,(H,26,28)/t16-,20-/m1/s1. The van der Waals surface area contributed by atoms with Crippen molar-refractivity contribution in [3.63, 3.8) is 0 Å². The van der Waals surface area contributed by atoms with Gasteiger partial charge in [0, 0.05) is 12.3 Å². The lowest BCUT2D eigenvalue weighted by molar-refractivity contribution is -0.115. The molecule has 2 heterocycles. The van der Waals surface area contributed by atoms with Gasteiger partial charge in [-0.25, -0.2) is 9.37 Å². The van der Waals surface area contributed by atoms with E-state index in [0.29, 0.717) is 12.2 Å². The second-order valence-electron chi connectivity index (χ2n) is 7.30. The van der Waals surface area contributed by atoms with E-state index in [1.54, 1.807) is 12.1 Å². The van der Waals surface area contributed by atoms with Crippen molar-refractivity contribution in [2.75, 3.05) is 11.9 Å². The quantitative estimate of drug-likeness (QED) is 0.542. The molecule has 0 spiro atoms. The first-order chi connectivity index (χ1) is 14.6. The van der Waals surface area contributed by atoms with Crippen molar-refractivity contribution in [3.05, 3.63) is 66.6 Å². The molecule has 1 aliphatic heterocycles. The van der Waals surface area contributed by atoms with Crippen LogP contribution in [0.4, 0.5) is 10.1 Å². The summed E-state index contributed by atoms with van der Waals surface area (Å²) < 4.78 is 21.4. The number of benzene rings is 2. The largest absolute Gasteiger partial charge is 0.376 e. The first-order valence-electron chi connectivity index (χ1n) is 10.1. The number of anilines is 1. The first-order valence-corrected chi connectivity index (χ1v) is 10.9. The predicted octanol–water partition coefficient (Wildman–Crippen LogP) is 4.99. The summed E-state index contributed by atoms with van der Waals surface area (Å²) >= 11 is 1.39. The number of carbonyl (C=O) groups excluding carboxylic acids is 1. The Hall–Kier alpha value is -2.64. The van der Waals surface area contributed by atoms with Gasteiger partial charge in [0.15, 0.2) is 5.16 Å². The normalized spacial score (nSPS) is 17.1. The van der Waals surface area contributed by atoms with Crippen LogP contribution in [0.15, 0.2) is 66.0 Å². The fraction of sp³-hybridized carbons (Fsp3) is 0.304. The second-order valence-corrected chi connectivity index (χ2v) is 8.61. The van der Waals surface area contributed by atoms with Crippen LogP contribution in [0, 0.1) is 5.82 Å². The number of carbonyl (C=O) groups is 1. The molecule has 5 nitrogen and oxygen atoms in total. The van der Waals surface area contributed by atoms with Crippen molar-refractivity contribution < 1.29 is 13.9 Å². The number of halogens is 1. The molecule has 2 aromatic carbocycles. The van der Waals surface area contributed by atoms with Gasteiger partial charge >= 0.3 is 0 Å². The molecule has 1 fully saturated rings. The number of rotatable bonds is 7. The van der Waals surface area contributed by atoms with Gasteiger partial charge in [0.05, 0.1) is 29.8 Å². The highest BCUT2D eigenvalue weighted by molar-refractivity contribution is 8.00. The molecular formula is C23H24FN3O2S. The van der Waals surface area contributed by atoms with E-state index in [9.17, 15) is 9.18 Å². The second kappa shape index (κ2) is 9.45. The molecule has 1 aromatic heterocycles. The molecule has 1 saturated heterocycles. The van der Waals surface area contributed by atoms with Gasteiger partial charge < -0.3 is 14.6 Å². The number of imidazole rings is 1. The van der Waals surface area contributed by atoms with Crippen LogP contribution in [0.25, 0.3) is 11.3 Å². The maximum Gasteiger partial charge on any atom is 0.237 e. The van der Waals surface area contributed by atoms with Crippen molar-refractivity contribution in [1.82, 2.24) is 9.55 Å². The molecule has 7 heteroatoms. The summed E-state index contributed by atoms with van der Waals surface area (Å²) in [5.74, 6) is -0.578. The zero-order valence-corrected chi connectivity index (χ0v) is 17.6. The summed E-state index contributed by atoms with van der Waals surface area (Å²) in [5.41, 5.74) is 2.53. The van der Waals surface area contributed by atoms with E-state index in [4.69, 9.17) is 4.74 Å². The molecular weight excluding hydrogens is 401 g/mol. The van der Waals surface area contributed by atoms with E-state index in [1.165, 1.54) is 23.9 Å². The van der Waals surface area contributed by atoms with E-state index < -0.39 is 5.25 Å². The maximum absolute atomic E-state index is 13.4. The number of ether oxygens (including phenoxy) is 1. The maximum atomic E-state index is 13.4. The molecule has 3 aromatic rings. The number of nitrogens with one attached hydrogen (secondary N) is 1. The topological polar surface area (TPSA) is 56.2 Å². The smallest absolute Gasteiger partial charge is 0.237 e. The first kappa shape index (κ1) is 20.6. The third-order valence-corrected chi connectivity index (χ3v) is 6.15. The lowest BCUT2D eigenvalue weighted by atomic mass is 10.1. The van der Waals surface area contributed by atoms with Gasteiger partial charge in [0.25, 0.3) is 0 Å². The van der Waals surface area contributed by atoms with Crippen LogP contribution in [-0.4, -0.2) is 33.4 Å². The molecule has 0 bridgehead atoms. The monoisotopic (exact) mass is 425 g/mol. The van der Waals surface area contributed by atoms with Gasteiger partial charge in [-0.05, 0) is 43.5 Å².